The van der Waals surface area contributed by atoms with E-state index in [1.165, 1.54) is 0 Å². The lowest BCUT2D eigenvalue weighted by atomic mass is 10.0. The van der Waals surface area contributed by atoms with Gasteiger partial charge in [0.05, 0.1) is 5.92 Å². The SMILES string of the molecule is CC(C(=O)O)c1cc(Cl)cc(Cl)c1.O=Cc1cc(Cl)cc(Cl)c1. The van der Waals surface area contributed by atoms with Crippen LogP contribution >= 0.6 is 46.4 Å². The van der Waals surface area contributed by atoms with E-state index in [1.54, 1.807) is 43.3 Å². The number of carbonyl (C=O) groups excluding carboxylic acids is 1. The van der Waals surface area contributed by atoms with E-state index in [0.717, 1.165) is 0 Å². The minimum atomic E-state index is -0.890. The van der Waals surface area contributed by atoms with E-state index in [4.69, 9.17) is 51.5 Å². The molecule has 0 bridgehead atoms. The fourth-order valence-corrected chi connectivity index (χ4v) is 2.70. The molecule has 1 unspecified atom stereocenters. The number of halogens is 4. The summed E-state index contributed by atoms with van der Waals surface area (Å²) in [6, 6.07) is 9.47. The topological polar surface area (TPSA) is 54.4 Å². The third kappa shape index (κ3) is 6.80. The lowest BCUT2D eigenvalue weighted by Crippen LogP contribution is -2.07. The number of hydrogen-bond acceptors (Lipinski definition) is 2. The van der Waals surface area contributed by atoms with Crippen LogP contribution in [0.5, 0.6) is 0 Å². The van der Waals surface area contributed by atoms with Gasteiger partial charge in [-0.25, -0.2) is 0 Å². The predicted molar refractivity (Wildman–Crippen MR) is 94.4 cm³/mol. The van der Waals surface area contributed by atoms with Crippen molar-refractivity contribution in [1.29, 1.82) is 0 Å². The molecule has 0 spiro atoms. The van der Waals surface area contributed by atoms with Crippen LogP contribution in [-0.2, 0) is 4.79 Å². The molecule has 0 fully saturated rings. The number of carbonyl (C=O) groups is 2. The molecule has 0 aliphatic carbocycles. The first-order chi connectivity index (χ1) is 10.7. The number of carboxylic acids is 1. The van der Waals surface area contributed by atoms with Gasteiger partial charge in [0.1, 0.15) is 6.29 Å². The zero-order valence-corrected chi connectivity index (χ0v) is 14.9. The van der Waals surface area contributed by atoms with Gasteiger partial charge in [0, 0.05) is 25.7 Å². The Bertz CT molecular complexity index is 676. The van der Waals surface area contributed by atoms with Crippen molar-refractivity contribution in [3.8, 4) is 0 Å². The number of benzene rings is 2. The summed E-state index contributed by atoms with van der Waals surface area (Å²) in [6.07, 6.45) is 0.706. The summed E-state index contributed by atoms with van der Waals surface area (Å²) in [6.45, 7) is 1.59. The van der Waals surface area contributed by atoms with E-state index in [2.05, 4.69) is 0 Å². The summed E-state index contributed by atoms with van der Waals surface area (Å²) < 4.78 is 0. The Hall–Kier alpha value is -1.26. The first-order valence-corrected chi connectivity index (χ1v) is 7.84. The molecule has 2 rings (SSSR count). The molecule has 0 aromatic heterocycles. The molecule has 0 radical (unpaired) electrons. The average molecular weight is 394 g/mol. The van der Waals surface area contributed by atoms with Gasteiger partial charge >= 0.3 is 5.97 Å². The van der Waals surface area contributed by atoms with Crippen LogP contribution in [0.15, 0.2) is 36.4 Å². The molecular weight excluding hydrogens is 382 g/mol. The Labute approximate surface area is 153 Å². The van der Waals surface area contributed by atoms with Crippen molar-refractivity contribution in [2.75, 3.05) is 0 Å². The second-order valence-corrected chi connectivity index (χ2v) is 6.33. The zero-order valence-electron chi connectivity index (χ0n) is 11.9. The van der Waals surface area contributed by atoms with E-state index < -0.39 is 11.9 Å². The second kappa shape index (κ2) is 9.14. The van der Waals surface area contributed by atoms with Crippen molar-refractivity contribution in [3.63, 3.8) is 0 Å². The van der Waals surface area contributed by atoms with Gasteiger partial charge in [0.25, 0.3) is 0 Å². The van der Waals surface area contributed by atoms with Crippen molar-refractivity contribution < 1.29 is 14.7 Å². The first kappa shape index (κ1) is 19.8. The molecule has 1 atom stereocenters. The minimum absolute atomic E-state index is 0.454. The highest BCUT2D eigenvalue weighted by atomic mass is 35.5. The van der Waals surface area contributed by atoms with Gasteiger partial charge in [-0.15, -0.1) is 0 Å². The smallest absolute Gasteiger partial charge is 0.310 e. The number of rotatable bonds is 3. The molecule has 0 aliphatic heterocycles. The van der Waals surface area contributed by atoms with Crippen LogP contribution in [-0.4, -0.2) is 17.4 Å². The molecular formula is C16H12Cl4O3. The van der Waals surface area contributed by atoms with Crippen LogP contribution in [0.25, 0.3) is 0 Å². The van der Waals surface area contributed by atoms with Crippen molar-refractivity contribution in [2.45, 2.75) is 12.8 Å². The van der Waals surface area contributed by atoms with Gasteiger partial charge in [0.2, 0.25) is 0 Å². The molecule has 0 aliphatic rings. The third-order valence-corrected chi connectivity index (χ3v) is 3.65. The summed E-state index contributed by atoms with van der Waals surface area (Å²) in [4.78, 5) is 20.8. The van der Waals surface area contributed by atoms with E-state index in [1.807, 2.05) is 0 Å². The fourth-order valence-electron chi connectivity index (χ4n) is 1.61. The largest absolute Gasteiger partial charge is 0.481 e. The number of carboxylic acid groups (broad SMARTS) is 1. The lowest BCUT2D eigenvalue weighted by molar-refractivity contribution is -0.138. The average Bonchev–Trinajstić information content (AvgIpc) is 2.44. The van der Waals surface area contributed by atoms with Crippen molar-refractivity contribution in [3.05, 3.63) is 67.6 Å². The van der Waals surface area contributed by atoms with Crippen LogP contribution in [0.2, 0.25) is 20.1 Å². The predicted octanol–water partition coefficient (Wildman–Crippen LogP) is 5.99. The number of hydrogen-bond donors (Lipinski definition) is 1. The van der Waals surface area contributed by atoms with Gasteiger partial charge in [-0.1, -0.05) is 46.4 Å². The maximum atomic E-state index is 10.6. The molecule has 0 saturated heterocycles. The Morgan fingerprint density at radius 3 is 1.65 bits per heavy atom. The Morgan fingerprint density at radius 2 is 1.30 bits per heavy atom. The summed E-state index contributed by atoms with van der Waals surface area (Å²) in [5.41, 5.74) is 1.11. The summed E-state index contributed by atoms with van der Waals surface area (Å²) >= 11 is 22.6. The molecule has 0 heterocycles. The van der Waals surface area contributed by atoms with E-state index in [9.17, 15) is 9.59 Å². The Kier molecular flexibility index (Phi) is 7.86. The maximum Gasteiger partial charge on any atom is 0.310 e. The number of aliphatic carboxylic acids is 1. The van der Waals surface area contributed by atoms with E-state index in [0.29, 0.717) is 37.5 Å². The molecule has 1 N–H and O–H groups in total. The Balaban J connectivity index is 0.000000238. The minimum Gasteiger partial charge on any atom is -0.481 e. The van der Waals surface area contributed by atoms with Crippen molar-refractivity contribution in [1.82, 2.24) is 0 Å². The molecule has 23 heavy (non-hydrogen) atoms. The van der Waals surface area contributed by atoms with Crippen LogP contribution in [0, 0.1) is 0 Å². The summed E-state index contributed by atoms with van der Waals surface area (Å²) in [5, 5.41) is 10.6. The fraction of sp³-hybridized carbons (Fsp3) is 0.125. The molecule has 3 nitrogen and oxygen atoms in total. The number of aldehydes is 1. The second-order valence-electron chi connectivity index (χ2n) is 4.58. The summed E-state index contributed by atoms with van der Waals surface area (Å²) in [7, 11) is 0. The van der Waals surface area contributed by atoms with Gasteiger partial charge < -0.3 is 5.11 Å². The molecule has 0 amide bonds. The van der Waals surface area contributed by atoms with Crippen LogP contribution in [0.4, 0.5) is 0 Å². The molecule has 2 aromatic carbocycles. The molecule has 122 valence electrons. The Morgan fingerprint density at radius 1 is 0.913 bits per heavy atom. The first-order valence-electron chi connectivity index (χ1n) is 6.33. The van der Waals surface area contributed by atoms with Gasteiger partial charge in [-0.05, 0) is 48.9 Å². The highest BCUT2D eigenvalue weighted by molar-refractivity contribution is 6.35. The summed E-state index contributed by atoms with van der Waals surface area (Å²) in [5.74, 6) is -1.48. The van der Waals surface area contributed by atoms with Crippen molar-refractivity contribution >= 4 is 58.7 Å². The van der Waals surface area contributed by atoms with Gasteiger partial charge in [-0.3, -0.25) is 9.59 Å². The van der Waals surface area contributed by atoms with Gasteiger partial charge in [0.15, 0.2) is 0 Å². The van der Waals surface area contributed by atoms with Crippen LogP contribution < -0.4 is 0 Å². The molecule has 0 saturated carbocycles. The standard InChI is InChI=1S/C9H8Cl2O2.C7H4Cl2O/c1-5(9(12)13)6-2-7(10)4-8(11)3-6;8-6-1-5(4-10)2-7(9)3-6/h2-5H,1H3,(H,12,13);1-4H. The van der Waals surface area contributed by atoms with Crippen LogP contribution in [0.1, 0.15) is 28.8 Å². The molecule has 7 heteroatoms. The third-order valence-electron chi connectivity index (χ3n) is 2.78. The quantitative estimate of drug-likeness (QED) is 0.651. The zero-order chi connectivity index (χ0) is 17.6. The monoisotopic (exact) mass is 392 g/mol. The normalized spacial score (nSPS) is 11.2. The lowest BCUT2D eigenvalue weighted by Gasteiger charge is -2.07. The van der Waals surface area contributed by atoms with E-state index in [-0.39, 0.29) is 0 Å². The van der Waals surface area contributed by atoms with Crippen molar-refractivity contribution in [2.24, 2.45) is 0 Å². The highest BCUT2D eigenvalue weighted by Gasteiger charge is 2.14. The maximum absolute atomic E-state index is 10.6. The van der Waals surface area contributed by atoms with Gasteiger partial charge in [-0.2, -0.15) is 0 Å². The van der Waals surface area contributed by atoms with Crippen LogP contribution in [0.3, 0.4) is 0 Å². The molecule has 2 aromatic rings. The van der Waals surface area contributed by atoms with E-state index >= 15 is 0 Å². The highest BCUT2D eigenvalue weighted by Crippen LogP contribution is 2.24.